The molecule has 0 aliphatic heterocycles. The highest BCUT2D eigenvalue weighted by molar-refractivity contribution is 7.25. The summed E-state index contributed by atoms with van der Waals surface area (Å²) >= 11 is 1.39. The highest BCUT2D eigenvalue weighted by Gasteiger charge is 2.18. The van der Waals surface area contributed by atoms with Gasteiger partial charge < -0.3 is 9.64 Å². The number of methoxy groups -OCH3 is 1. The summed E-state index contributed by atoms with van der Waals surface area (Å²) in [5.74, 6) is 0.744. The molecule has 0 atom stereocenters. The highest BCUT2D eigenvalue weighted by Crippen LogP contribution is 2.34. The van der Waals surface area contributed by atoms with Crippen LogP contribution in [0.2, 0.25) is 0 Å². The van der Waals surface area contributed by atoms with Crippen LogP contribution in [-0.2, 0) is 0 Å². The Kier molecular flexibility index (Phi) is 3.92. The van der Waals surface area contributed by atoms with Gasteiger partial charge in [-0.15, -0.1) is 11.3 Å². The molecule has 0 amide bonds. The van der Waals surface area contributed by atoms with Gasteiger partial charge in [0.1, 0.15) is 29.5 Å². The number of thiophene rings is 1. The lowest BCUT2D eigenvalue weighted by atomic mass is 9.94. The number of nitrogens with zero attached hydrogens (tertiary/aromatic N) is 4. The van der Waals surface area contributed by atoms with Gasteiger partial charge in [0.25, 0.3) is 5.56 Å². The smallest absolute Gasteiger partial charge is 0.275 e. The standard InChI is InChI=1S/C18H17BN4O2S/c1-22(2)15-12(19)8-20-17-13(15)14-16(26-17)18(24)23(9-21-14)10-4-6-11(25-3)7-5-10/h4-9H,19H2,1-3H3. The van der Waals surface area contributed by atoms with Crippen LogP contribution in [-0.4, -0.2) is 43.6 Å². The summed E-state index contributed by atoms with van der Waals surface area (Å²) in [6, 6.07) is 7.33. The Hall–Kier alpha value is -2.87. The van der Waals surface area contributed by atoms with Crippen LogP contribution in [0.3, 0.4) is 0 Å². The Morgan fingerprint density at radius 3 is 2.58 bits per heavy atom. The van der Waals surface area contributed by atoms with Crippen molar-refractivity contribution in [1.82, 2.24) is 14.5 Å². The number of pyridine rings is 1. The van der Waals surface area contributed by atoms with Gasteiger partial charge in [-0.25, -0.2) is 9.97 Å². The molecule has 0 spiro atoms. The molecule has 0 unspecified atom stereocenters. The lowest BCUT2D eigenvalue weighted by molar-refractivity contribution is 0.414. The zero-order valence-corrected chi connectivity index (χ0v) is 15.8. The van der Waals surface area contributed by atoms with Crippen molar-refractivity contribution >= 4 is 50.8 Å². The molecule has 0 aliphatic carbocycles. The van der Waals surface area contributed by atoms with E-state index in [-0.39, 0.29) is 5.56 Å². The maximum absolute atomic E-state index is 13.1. The number of rotatable bonds is 3. The van der Waals surface area contributed by atoms with Crippen molar-refractivity contribution in [1.29, 1.82) is 0 Å². The second-order valence-electron chi connectivity index (χ2n) is 6.26. The minimum Gasteiger partial charge on any atom is -0.497 e. The van der Waals surface area contributed by atoms with Gasteiger partial charge in [-0.2, -0.15) is 0 Å². The molecule has 0 radical (unpaired) electrons. The predicted molar refractivity (Wildman–Crippen MR) is 110 cm³/mol. The molecule has 3 heterocycles. The van der Waals surface area contributed by atoms with E-state index in [2.05, 4.69) is 9.97 Å². The van der Waals surface area contributed by atoms with Crippen LogP contribution in [0.1, 0.15) is 0 Å². The quantitative estimate of drug-likeness (QED) is 0.514. The first kappa shape index (κ1) is 16.6. The van der Waals surface area contributed by atoms with Gasteiger partial charge in [-0.1, -0.05) is 0 Å². The number of hydrogen-bond acceptors (Lipinski definition) is 6. The summed E-state index contributed by atoms with van der Waals surface area (Å²) in [4.78, 5) is 25.1. The van der Waals surface area contributed by atoms with E-state index in [0.717, 1.165) is 32.8 Å². The molecule has 26 heavy (non-hydrogen) atoms. The van der Waals surface area contributed by atoms with Crippen molar-refractivity contribution in [3.63, 3.8) is 0 Å². The molecule has 0 saturated heterocycles. The van der Waals surface area contributed by atoms with Gasteiger partial charge >= 0.3 is 0 Å². The molecular formula is C18H17BN4O2S. The summed E-state index contributed by atoms with van der Waals surface area (Å²) in [5.41, 5.74) is 3.48. The van der Waals surface area contributed by atoms with Crippen molar-refractivity contribution in [2.75, 3.05) is 26.1 Å². The zero-order chi connectivity index (χ0) is 18.4. The second-order valence-corrected chi connectivity index (χ2v) is 7.26. The Morgan fingerprint density at radius 2 is 1.92 bits per heavy atom. The van der Waals surface area contributed by atoms with Crippen LogP contribution in [0.15, 0.2) is 41.6 Å². The van der Waals surface area contributed by atoms with E-state index in [0.29, 0.717) is 10.2 Å². The highest BCUT2D eigenvalue weighted by atomic mass is 32.1. The number of ether oxygens (including phenoxy) is 1. The third kappa shape index (κ3) is 2.45. The monoisotopic (exact) mass is 364 g/mol. The number of aromatic nitrogens is 3. The molecule has 3 aromatic heterocycles. The molecule has 0 N–H and O–H groups in total. The molecule has 6 nitrogen and oxygen atoms in total. The van der Waals surface area contributed by atoms with E-state index >= 15 is 0 Å². The molecule has 0 fully saturated rings. The topological polar surface area (TPSA) is 60.3 Å². The normalized spacial score (nSPS) is 11.2. The van der Waals surface area contributed by atoms with E-state index in [4.69, 9.17) is 4.74 Å². The molecule has 4 aromatic rings. The molecule has 8 heteroatoms. The minimum atomic E-state index is -0.0921. The van der Waals surface area contributed by atoms with E-state index in [1.807, 2.05) is 57.3 Å². The summed E-state index contributed by atoms with van der Waals surface area (Å²) in [7, 11) is 7.61. The lowest BCUT2D eigenvalue weighted by Gasteiger charge is -2.16. The van der Waals surface area contributed by atoms with Crippen molar-refractivity contribution in [2.45, 2.75) is 0 Å². The fraction of sp³-hybridized carbons (Fsp3) is 0.167. The minimum absolute atomic E-state index is 0.0921. The number of hydrogen-bond donors (Lipinski definition) is 0. The third-order valence-corrected chi connectivity index (χ3v) is 5.44. The van der Waals surface area contributed by atoms with E-state index in [9.17, 15) is 4.79 Å². The maximum Gasteiger partial charge on any atom is 0.275 e. The maximum atomic E-state index is 13.1. The summed E-state index contributed by atoms with van der Waals surface area (Å²) in [5, 5.41) is 0.939. The lowest BCUT2D eigenvalue weighted by Crippen LogP contribution is -2.20. The van der Waals surface area contributed by atoms with Gasteiger partial charge in [0.15, 0.2) is 0 Å². The first-order valence-corrected chi connectivity index (χ1v) is 8.94. The molecule has 130 valence electrons. The van der Waals surface area contributed by atoms with Crippen LogP contribution < -0.4 is 20.7 Å². The van der Waals surface area contributed by atoms with Crippen molar-refractivity contribution in [3.8, 4) is 11.4 Å². The van der Waals surface area contributed by atoms with E-state index in [1.165, 1.54) is 11.3 Å². The summed E-state index contributed by atoms with van der Waals surface area (Å²) < 4.78 is 7.34. The van der Waals surface area contributed by atoms with Gasteiger partial charge in [-0.3, -0.25) is 9.36 Å². The van der Waals surface area contributed by atoms with Gasteiger partial charge in [0, 0.05) is 26.0 Å². The zero-order valence-electron chi connectivity index (χ0n) is 15.0. The first-order valence-electron chi connectivity index (χ1n) is 8.12. The van der Waals surface area contributed by atoms with Crippen LogP contribution in [0.25, 0.3) is 26.1 Å². The number of fused-ring (bicyclic) bond motifs is 3. The van der Waals surface area contributed by atoms with E-state index < -0.39 is 0 Å². The predicted octanol–water partition coefficient (Wildman–Crippen LogP) is 1.33. The molecule has 0 saturated carbocycles. The van der Waals surface area contributed by atoms with Gasteiger partial charge in [0.2, 0.25) is 0 Å². The fourth-order valence-corrected chi connectivity index (χ4v) is 4.21. The summed E-state index contributed by atoms with van der Waals surface area (Å²) in [6.07, 6.45) is 3.43. The molecule has 1 aromatic carbocycles. The number of anilines is 1. The molecule has 0 bridgehead atoms. The largest absolute Gasteiger partial charge is 0.497 e. The Balaban J connectivity index is 2.00. The molecule has 0 aliphatic rings. The first-order chi connectivity index (χ1) is 12.5. The Labute approximate surface area is 155 Å². The molecular weight excluding hydrogens is 347 g/mol. The van der Waals surface area contributed by atoms with Crippen molar-refractivity contribution in [3.05, 3.63) is 47.1 Å². The van der Waals surface area contributed by atoms with Crippen molar-refractivity contribution in [2.24, 2.45) is 0 Å². The van der Waals surface area contributed by atoms with Crippen LogP contribution in [0, 0.1) is 0 Å². The molecule has 4 rings (SSSR count). The SMILES string of the molecule is Bc1cnc2sc3c(=O)n(-c4ccc(OC)cc4)cnc3c2c1N(C)C. The average Bonchev–Trinajstić information content (AvgIpc) is 3.01. The van der Waals surface area contributed by atoms with Gasteiger partial charge in [-0.05, 0) is 29.7 Å². The second kappa shape index (κ2) is 6.14. The van der Waals surface area contributed by atoms with Crippen molar-refractivity contribution < 1.29 is 4.74 Å². The third-order valence-electron chi connectivity index (χ3n) is 4.36. The Morgan fingerprint density at radius 1 is 1.19 bits per heavy atom. The fourth-order valence-electron chi connectivity index (χ4n) is 3.18. The van der Waals surface area contributed by atoms with Gasteiger partial charge in [0.05, 0.1) is 23.7 Å². The van der Waals surface area contributed by atoms with Crippen LogP contribution >= 0.6 is 11.3 Å². The Bertz CT molecular complexity index is 1180. The van der Waals surface area contributed by atoms with Crippen LogP contribution in [0.5, 0.6) is 5.75 Å². The number of benzene rings is 1. The summed E-state index contributed by atoms with van der Waals surface area (Å²) in [6.45, 7) is 0. The average molecular weight is 364 g/mol. The van der Waals surface area contributed by atoms with E-state index in [1.54, 1.807) is 18.0 Å². The van der Waals surface area contributed by atoms with Crippen LogP contribution in [0.4, 0.5) is 5.69 Å².